The molecule has 2 heterocycles. The Hall–Kier alpha value is -2.29. The van der Waals surface area contributed by atoms with Crippen molar-refractivity contribution in [2.45, 2.75) is 11.3 Å². The summed E-state index contributed by atoms with van der Waals surface area (Å²) in [5, 5.41) is 7.98. The molecule has 1 aromatic carbocycles. The number of sulfonamides is 1. The molecule has 0 amide bonds. The highest BCUT2D eigenvalue weighted by Crippen LogP contribution is 2.20. The zero-order chi connectivity index (χ0) is 17.0. The van der Waals surface area contributed by atoms with Gasteiger partial charge in [0.15, 0.2) is 0 Å². The fourth-order valence-corrected chi connectivity index (χ4v) is 3.54. The molecular weight excluding hydrogens is 352 g/mol. The van der Waals surface area contributed by atoms with Gasteiger partial charge in [0.2, 0.25) is 21.8 Å². The first kappa shape index (κ1) is 16.6. The number of nitrogens with zero attached hydrogens (tertiary/aromatic N) is 3. The molecule has 0 aliphatic rings. The van der Waals surface area contributed by atoms with E-state index in [4.69, 9.17) is 16.0 Å². The smallest absolute Gasteiger partial charge is 0.249 e. The van der Waals surface area contributed by atoms with Crippen LogP contribution in [-0.2, 0) is 16.4 Å². The van der Waals surface area contributed by atoms with Gasteiger partial charge in [0.1, 0.15) is 4.90 Å². The van der Waals surface area contributed by atoms with Crippen molar-refractivity contribution in [1.29, 1.82) is 0 Å². The Morgan fingerprint density at radius 1 is 1.12 bits per heavy atom. The fraction of sp³-hybridized carbons (Fsp3) is 0.133. The second-order valence-electron chi connectivity index (χ2n) is 4.82. The molecule has 0 aliphatic heterocycles. The lowest BCUT2D eigenvalue weighted by Gasteiger charge is -2.06. The molecule has 0 unspecified atom stereocenters. The van der Waals surface area contributed by atoms with E-state index >= 15 is 0 Å². The van der Waals surface area contributed by atoms with Crippen LogP contribution in [0.5, 0.6) is 0 Å². The maximum absolute atomic E-state index is 12.2. The molecule has 0 radical (unpaired) electrons. The molecule has 3 rings (SSSR count). The highest BCUT2D eigenvalue weighted by atomic mass is 35.5. The maximum atomic E-state index is 12.2. The van der Waals surface area contributed by atoms with E-state index in [-0.39, 0.29) is 22.9 Å². The minimum Gasteiger partial charge on any atom is -0.421 e. The Bertz CT molecular complexity index is 929. The van der Waals surface area contributed by atoms with Crippen LogP contribution in [0, 0.1) is 0 Å². The van der Waals surface area contributed by atoms with Crippen molar-refractivity contribution in [1.82, 2.24) is 19.9 Å². The molecule has 0 aliphatic carbocycles. The van der Waals surface area contributed by atoms with Crippen LogP contribution in [0.3, 0.4) is 0 Å². The molecule has 24 heavy (non-hydrogen) atoms. The Morgan fingerprint density at radius 3 is 2.71 bits per heavy atom. The number of hydrogen-bond acceptors (Lipinski definition) is 6. The van der Waals surface area contributed by atoms with E-state index in [0.717, 1.165) is 0 Å². The number of rotatable bonds is 6. The Morgan fingerprint density at radius 2 is 1.96 bits per heavy atom. The first-order chi connectivity index (χ1) is 11.6. The van der Waals surface area contributed by atoms with E-state index in [1.165, 1.54) is 12.1 Å². The van der Waals surface area contributed by atoms with Crippen LogP contribution < -0.4 is 4.72 Å². The average molecular weight is 365 g/mol. The van der Waals surface area contributed by atoms with Crippen LogP contribution in [0.1, 0.15) is 5.89 Å². The minimum absolute atomic E-state index is 0.0354. The standard InChI is InChI=1S/C15H13ClN4O3S/c16-12-5-1-2-6-13(12)24(21,22)18-9-7-14-19-20-15(23-14)11-4-3-8-17-10-11/h1-6,8,10,18H,7,9H2. The summed E-state index contributed by atoms with van der Waals surface area (Å²) in [5.74, 6) is 0.669. The van der Waals surface area contributed by atoms with Crippen molar-refractivity contribution in [3.05, 3.63) is 59.7 Å². The molecule has 0 spiro atoms. The van der Waals surface area contributed by atoms with Gasteiger partial charge in [-0.05, 0) is 24.3 Å². The number of benzene rings is 1. The maximum Gasteiger partial charge on any atom is 0.249 e. The molecule has 0 atom stereocenters. The first-order valence-electron chi connectivity index (χ1n) is 7.03. The van der Waals surface area contributed by atoms with E-state index in [9.17, 15) is 8.42 Å². The van der Waals surface area contributed by atoms with Gasteiger partial charge in [-0.15, -0.1) is 10.2 Å². The van der Waals surface area contributed by atoms with Gasteiger partial charge in [0, 0.05) is 25.4 Å². The second-order valence-corrected chi connectivity index (χ2v) is 6.96. The summed E-state index contributed by atoms with van der Waals surface area (Å²) < 4.78 is 32.4. The summed E-state index contributed by atoms with van der Waals surface area (Å²) in [7, 11) is -3.69. The van der Waals surface area contributed by atoms with Crippen molar-refractivity contribution < 1.29 is 12.8 Å². The summed E-state index contributed by atoms with van der Waals surface area (Å²) in [5.41, 5.74) is 0.702. The van der Waals surface area contributed by atoms with Crippen LogP contribution in [-0.4, -0.2) is 30.1 Å². The van der Waals surface area contributed by atoms with Crippen molar-refractivity contribution in [2.75, 3.05) is 6.54 Å². The van der Waals surface area contributed by atoms with Crippen LogP contribution in [0.15, 0.2) is 58.1 Å². The van der Waals surface area contributed by atoms with Crippen LogP contribution in [0.2, 0.25) is 5.02 Å². The molecular formula is C15H13ClN4O3S. The lowest BCUT2D eigenvalue weighted by atomic mass is 10.3. The molecule has 0 bridgehead atoms. The molecule has 1 N–H and O–H groups in total. The van der Waals surface area contributed by atoms with Crippen molar-refractivity contribution in [3.63, 3.8) is 0 Å². The van der Waals surface area contributed by atoms with Crippen LogP contribution in [0.25, 0.3) is 11.5 Å². The molecule has 2 aromatic heterocycles. The monoisotopic (exact) mass is 364 g/mol. The van der Waals surface area contributed by atoms with Crippen molar-refractivity contribution >= 4 is 21.6 Å². The van der Waals surface area contributed by atoms with Gasteiger partial charge in [-0.2, -0.15) is 0 Å². The summed E-state index contributed by atoms with van der Waals surface area (Å²) >= 11 is 5.91. The van der Waals surface area contributed by atoms with E-state index in [1.54, 1.807) is 36.7 Å². The summed E-state index contributed by atoms with van der Waals surface area (Å²) in [6.45, 7) is 0.113. The van der Waals surface area contributed by atoms with E-state index < -0.39 is 10.0 Å². The highest BCUT2D eigenvalue weighted by molar-refractivity contribution is 7.89. The minimum atomic E-state index is -3.69. The SMILES string of the molecule is O=S(=O)(NCCc1nnc(-c2cccnc2)o1)c1ccccc1Cl. The number of halogens is 1. The second kappa shape index (κ2) is 7.08. The summed E-state index contributed by atoms with van der Waals surface area (Å²) in [4.78, 5) is 4.01. The Labute approximate surface area is 143 Å². The summed E-state index contributed by atoms with van der Waals surface area (Å²) in [6, 6.07) is 9.80. The number of pyridine rings is 1. The predicted molar refractivity (Wildman–Crippen MR) is 87.9 cm³/mol. The van der Waals surface area contributed by atoms with Gasteiger partial charge in [-0.25, -0.2) is 13.1 Å². The van der Waals surface area contributed by atoms with Gasteiger partial charge in [0.25, 0.3) is 0 Å². The zero-order valence-corrected chi connectivity index (χ0v) is 14.0. The molecule has 124 valence electrons. The third-order valence-electron chi connectivity index (χ3n) is 3.13. The lowest BCUT2D eigenvalue weighted by Crippen LogP contribution is -2.26. The van der Waals surface area contributed by atoms with E-state index in [2.05, 4.69) is 19.9 Å². The molecule has 0 saturated heterocycles. The van der Waals surface area contributed by atoms with Crippen molar-refractivity contribution in [2.24, 2.45) is 0 Å². The van der Waals surface area contributed by atoms with Gasteiger partial charge in [-0.1, -0.05) is 23.7 Å². The van der Waals surface area contributed by atoms with Gasteiger partial charge in [-0.3, -0.25) is 4.98 Å². The van der Waals surface area contributed by atoms with Gasteiger partial charge >= 0.3 is 0 Å². The third kappa shape index (κ3) is 3.78. The van der Waals surface area contributed by atoms with Crippen LogP contribution in [0.4, 0.5) is 0 Å². The third-order valence-corrected chi connectivity index (χ3v) is 5.09. The normalized spacial score (nSPS) is 11.5. The van der Waals surface area contributed by atoms with Gasteiger partial charge < -0.3 is 4.42 Å². The first-order valence-corrected chi connectivity index (χ1v) is 8.89. The summed E-state index contributed by atoms with van der Waals surface area (Å²) in [6.07, 6.45) is 3.51. The molecule has 7 nitrogen and oxygen atoms in total. The van der Waals surface area contributed by atoms with E-state index in [0.29, 0.717) is 17.3 Å². The van der Waals surface area contributed by atoms with Crippen molar-refractivity contribution in [3.8, 4) is 11.5 Å². The molecule has 3 aromatic rings. The lowest BCUT2D eigenvalue weighted by molar-refractivity contribution is 0.502. The number of hydrogen-bond donors (Lipinski definition) is 1. The Kier molecular flexibility index (Phi) is 4.89. The number of aromatic nitrogens is 3. The number of nitrogens with one attached hydrogen (secondary N) is 1. The fourth-order valence-electron chi connectivity index (χ4n) is 1.99. The largest absolute Gasteiger partial charge is 0.421 e. The topological polar surface area (TPSA) is 98.0 Å². The quantitative estimate of drug-likeness (QED) is 0.720. The highest BCUT2D eigenvalue weighted by Gasteiger charge is 2.17. The predicted octanol–water partition coefficient (Wildman–Crippen LogP) is 2.31. The molecule has 0 fully saturated rings. The van der Waals surface area contributed by atoms with Crippen LogP contribution >= 0.6 is 11.6 Å². The average Bonchev–Trinajstić information content (AvgIpc) is 3.05. The van der Waals surface area contributed by atoms with E-state index in [1.807, 2.05) is 0 Å². The molecule has 9 heteroatoms. The van der Waals surface area contributed by atoms with Gasteiger partial charge in [0.05, 0.1) is 10.6 Å². The zero-order valence-electron chi connectivity index (χ0n) is 12.4. The molecule has 0 saturated carbocycles. The Balaban J connectivity index is 1.63.